The van der Waals surface area contributed by atoms with Crippen molar-refractivity contribution in [2.75, 3.05) is 13.1 Å². The van der Waals surface area contributed by atoms with Crippen LogP contribution in [0.5, 0.6) is 0 Å². The summed E-state index contributed by atoms with van der Waals surface area (Å²) in [7, 11) is 0. The molecule has 0 aliphatic heterocycles. The molecule has 3 N–H and O–H groups in total. The summed E-state index contributed by atoms with van der Waals surface area (Å²) in [6.07, 6.45) is 2.98. The fourth-order valence-electron chi connectivity index (χ4n) is 2.40. The smallest absolute Gasteiger partial charge is 0.227 e. The van der Waals surface area contributed by atoms with Crippen molar-refractivity contribution in [1.82, 2.24) is 5.32 Å². The molecule has 2 rings (SSSR count). The van der Waals surface area contributed by atoms with Crippen LogP contribution < -0.4 is 11.1 Å². The fraction of sp³-hybridized carbons (Fsp3) is 0.533. The first-order valence-corrected chi connectivity index (χ1v) is 6.78. The van der Waals surface area contributed by atoms with Crippen molar-refractivity contribution in [3.63, 3.8) is 0 Å². The fourth-order valence-corrected chi connectivity index (χ4v) is 2.40. The van der Waals surface area contributed by atoms with E-state index >= 15 is 0 Å². The molecule has 0 radical (unpaired) electrons. The van der Waals surface area contributed by atoms with Gasteiger partial charge in [-0.05, 0) is 42.9 Å². The van der Waals surface area contributed by atoms with Crippen molar-refractivity contribution in [3.05, 3.63) is 35.4 Å². The van der Waals surface area contributed by atoms with Crippen LogP contribution in [-0.2, 0) is 11.2 Å². The predicted octanol–water partition coefficient (Wildman–Crippen LogP) is 1.82. The molecule has 0 bridgehead atoms. The lowest BCUT2D eigenvalue weighted by Crippen LogP contribution is -2.36. The average molecular weight is 246 g/mol. The molecule has 2 unspecified atom stereocenters. The van der Waals surface area contributed by atoms with E-state index in [0.717, 1.165) is 32.4 Å². The zero-order valence-electron chi connectivity index (χ0n) is 11.0. The molecule has 0 heterocycles. The number of carbonyl (C=O) groups excluding carboxylic acids is 1. The van der Waals surface area contributed by atoms with Gasteiger partial charge in [0.05, 0.1) is 5.92 Å². The molecule has 98 valence electrons. The number of nitrogens with two attached hydrogens (primary N) is 1. The zero-order chi connectivity index (χ0) is 13.0. The molecule has 1 amide bonds. The monoisotopic (exact) mass is 246 g/mol. The summed E-state index contributed by atoms with van der Waals surface area (Å²) < 4.78 is 0. The highest BCUT2D eigenvalue weighted by Gasteiger charge is 2.31. The summed E-state index contributed by atoms with van der Waals surface area (Å²) in [6, 6.07) is 8.18. The minimum atomic E-state index is 0.0770. The highest BCUT2D eigenvalue weighted by Crippen LogP contribution is 2.34. The number of fused-ring (bicyclic) bond motifs is 1. The van der Waals surface area contributed by atoms with E-state index in [1.807, 2.05) is 12.1 Å². The molecule has 1 aromatic rings. The van der Waals surface area contributed by atoms with Crippen LogP contribution in [0.15, 0.2) is 24.3 Å². The Morgan fingerprint density at radius 1 is 1.50 bits per heavy atom. The van der Waals surface area contributed by atoms with E-state index in [1.165, 1.54) is 11.1 Å². The van der Waals surface area contributed by atoms with Gasteiger partial charge in [0, 0.05) is 6.54 Å². The van der Waals surface area contributed by atoms with E-state index in [-0.39, 0.29) is 11.8 Å². The molecule has 0 spiro atoms. The molecular weight excluding hydrogens is 224 g/mol. The van der Waals surface area contributed by atoms with Crippen molar-refractivity contribution < 1.29 is 4.79 Å². The normalized spacial score (nSPS) is 18.7. The maximum atomic E-state index is 12.0. The van der Waals surface area contributed by atoms with Gasteiger partial charge in [-0.15, -0.1) is 0 Å². The van der Waals surface area contributed by atoms with Crippen molar-refractivity contribution in [1.29, 1.82) is 0 Å². The second kappa shape index (κ2) is 6.01. The van der Waals surface area contributed by atoms with E-state index in [1.54, 1.807) is 0 Å². The standard InChI is InChI=1S/C15H22N2O/c1-11(10-16)5-4-8-17-15(18)14-9-12-6-2-3-7-13(12)14/h2-3,6-7,11,14H,4-5,8-10,16H2,1H3,(H,17,18). The lowest BCUT2D eigenvalue weighted by atomic mass is 9.77. The Balaban J connectivity index is 1.71. The van der Waals surface area contributed by atoms with E-state index in [2.05, 4.69) is 24.4 Å². The number of hydrogen-bond donors (Lipinski definition) is 2. The van der Waals surface area contributed by atoms with Crippen LogP contribution in [-0.4, -0.2) is 19.0 Å². The first-order valence-electron chi connectivity index (χ1n) is 6.78. The van der Waals surface area contributed by atoms with Gasteiger partial charge in [-0.2, -0.15) is 0 Å². The molecule has 3 heteroatoms. The minimum Gasteiger partial charge on any atom is -0.356 e. The van der Waals surface area contributed by atoms with Crippen molar-refractivity contribution in [3.8, 4) is 0 Å². The maximum Gasteiger partial charge on any atom is 0.227 e. The number of rotatable bonds is 6. The maximum absolute atomic E-state index is 12.0. The van der Waals surface area contributed by atoms with Crippen molar-refractivity contribution in [2.24, 2.45) is 11.7 Å². The van der Waals surface area contributed by atoms with Crippen LogP contribution in [0.25, 0.3) is 0 Å². The Morgan fingerprint density at radius 2 is 2.28 bits per heavy atom. The molecule has 0 aromatic heterocycles. The first kappa shape index (κ1) is 13.1. The Labute approximate surface area is 109 Å². The molecule has 1 aliphatic rings. The molecule has 0 saturated carbocycles. The molecule has 1 aliphatic carbocycles. The molecule has 0 fully saturated rings. The van der Waals surface area contributed by atoms with Crippen LogP contribution in [0.2, 0.25) is 0 Å². The molecular formula is C15H22N2O. The largest absolute Gasteiger partial charge is 0.356 e. The summed E-state index contributed by atoms with van der Waals surface area (Å²) in [5, 5.41) is 3.03. The predicted molar refractivity (Wildman–Crippen MR) is 73.3 cm³/mol. The molecule has 0 saturated heterocycles. The number of benzene rings is 1. The molecule has 1 aromatic carbocycles. The molecule has 18 heavy (non-hydrogen) atoms. The Kier molecular flexibility index (Phi) is 4.37. The van der Waals surface area contributed by atoms with Crippen LogP contribution >= 0.6 is 0 Å². The minimum absolute atomic E-state index is 0.0770. The molecule has 2 atom stereocenters. The van der Waals surface area contributed by atoms with Gasteiger partial charge in [0.1, 0.15) is 0 Å². The van der Waals surface area contributed by atoms with Crippen LogP contribution in [0.1, 0.15) is 36.8 Å². The topological polar surface area (TPSA) is 55.1 Å². The van der Waals surface area contributed by atoms with Gasteiger partial charge in [-0.25, -0.2) is 0 Å². The van der Waals surface area contributed by atoms with Gasteiger partial charge in [-0.1, -0.05) is 31.2 Å². The lowest BCUT2D eigenvalue weighted by molar-refractivity contribution is -0.123. The van der Waals surface area contributed by atoms with Gasteiger partial charge < -0.3 is 11.1 Å². The third-order valence-corrected chi connectivity index (χ3v) is 3.75. The van der Waals surface area contributed by atoms with Gasteiger partial charge >= 0.3 is 0 Å². The van der Waals surface area contributed by atoms with E-state index in [0.29, 0.717) is 5.92 Å². The summed E-state index contributed by atoms with van der Waals surface area (Å²) in [4.78, 5) is 12.0. The highest BCUT2D eigenvalue weighted by atomic mass is 16.1. The quantitative estimate of drug-likeness (QED) is 0.752. The van der Waals surface area contributed by atoms with Crippen molar-refractivity contribution >= 4 is 5.91 Å². The Bertz CT molecular complexity index is 417. The third kappa shape index (κ3) is 2.91. The average Bonchev–Trinajstić information content (AvgIpc) is 2.36. The second-order valence-corrected chi connectivity index (χ2v) is 5.23. The Morgan fingerprint density at radius 3 is 3.00 bits per heavy atom. The van der Waals surface area contributed by atoms with Gasteiger partial charge in [-0.3, -0.25) is 4.79 Å². The van der Waals surface area contributed by atoms with E-state index in [9.17, 15) is 4.79 Å². The number of hydrogen-bond acceptors (Lipinski definition) is 2. The van der Waals surface area contributed by atoms with E-state index in [4.69, 9.17) is 5.73 Å². The summed E-state index contributed by atoms with van der Waals surface area (Å²) in [6.45, 7) is 3.63. The number of nitrogens with one attached hydrogen (secondary N) is 1. The Hall–Kier alpha value is -1.35. The summed E-state index contributed by atoms with van der Waals surface area (Å²) in [5.41, 5.74) is 8.07. The molecule has 3 nitrogen and oxygen atoms in total. The third-order valence-electron chi connectivity index (χ3n) is 3.75. The lowest BCUT2D eigenvalue weighted by Gasteiger charge is -2.28. The summed E-state index contributed by atoms with van der Waals surface area (Å²) >= 11 is 0. The number of amides is 1. The zero-order valence-corrected chi connectivity index (χ0v) is 11.0. The number of carbonyl (C=O) groups is 1. The van der Waals surface area contributed by atoms with E-state index < -0.39 is 0 Å². The van der Waals surface area contributed by atoms with Crippen LogP contribution in [0, 0.1) is 5.92 Å². The second-order valence-electron chi connectivity index (χ2n) is 5.23. The highest BCUT2D eigenvalue weighted by molar-refractivity contribution is 5.86. The first-order chi connectivity index (χ1) is 8.72. The summed E-state index contributed by atoms with van der Waals surface area (Å²) in [5.74, 6) is 0.800. The van der Waals surface area contributed by atoms with Crippen LogP contribution in [0.4, 0.5) is 0 Å². The van der Waals surface area contributed by atoms with Gasteiger partial charge in [0.15, 0.2) is 0 Å². The van der Waals surface area contributed by atoms with Crippen LogP contribution in [0.3, 0.4) is 0 Å². The van der Waals surface area contributed by atoms with Gasteiger partial charge in [0.2, 0.25) is 5.91 Å². The SMILES string of the molecule is CC(CN)CCCNC(=O)C1Cc2ccccc21. The van der Waals surface area contributed by atoms with Gasteiger partial charge in [0.25, 0.3) is 0 Å². The van der Waals surface area contributed by atoms with Crippen molar-refractivity contribution in [2.45, 2.75) is 32.1 Å².